The van der Waals surface area contributed by atoms with E-state index < -0.39 is 0 Å². The molecule has 2 rings (SSSR count). The number of hydrogen-bond acceptors (Lipinski definition) is 2. The Bertz CT molecular complexity index is 386. The Morgan fingerprint density at radius 2 is 2.06 bits per heavy atom. The van der Waals surface area contributed by atoms with Gasteiger partial charge >= 0.3 is 0 Å². The number of nitrogens with zero attached hydrogens (tertiary/aromatic N) is 1. The first-order valence-corrected chi connectivity index (χ1v) is 7.23. The van der Waals surface area contributed by atoms with Crippen LogP contribution in [-0.2, 0) is 0 Å². The second kappa shape index (κ2) is 5.75. The van der Waals surface area contributed by atoms with Crippen molar-refractivity contribution in [1.29, 1.82) is 0 Å². The molecule has 1 aromatic rings. The predicted octanol–water partition coefficient (Wildman–Crippen LogP) is 3.58. The van der Waals surface area contributed by atoms with Gasteiger partial charge in [-0.2, -0.15) is 0 Å². The number of rotatable bonds is 4. The van der Waals surface area contributed by atoms with Gasteiger partial charge in [0.1, 0.15) is 0 Å². The maximum Gasteiger partial charge on any atom is 0.0414 e. The molecule has 100 valence electrons. The Morgan fingerprint density at radius 1 is 1.33 bits per heavy atom. The van der Waals surface area contributed by atoms with Crippen molar-refractivity contribution in [2.24, 2.45) is 17.6 Å². The molecule has 1 fully saturated rings. The first kappa shape index (κ1) is 13.4. The van der Waals surface area contributed by atoms with Gasteiger partial charge in [0.2, 0.25) is 0 Å². The van der Waals surface area contributed by atoms with Crippen LogP contribution >= 0.6 is 0 Å². The van der Waals surface area contributed by atoms with E-state index in [9.17, 15) is 0 Å². The number of para-hydroxylation sites is 1. The Labute approximate surface area is 111 Å². The fourth-order valence-electron chi connectivity index (χ4n) is 2.86. The van der Waals surface area contributed by atoms with Gasteiger partial charge in [0.25, 0.3) is 0 Å². The van der Waals surface area contributed by atoms with Gasteiger partial charge in [0, 0.05) is 24.8 Å². The molecule has 0 saturated carbocycles. The molecule has 1 saturated heterocycles. The summed E-state index contributed by atoms with van der Waals surface area (Å²) in [6.45, 7) is 9.18. The summed E-state index contributed by atoms with van der Waals surface area (Å²) >= 11 is 0. The molecule has 0 bridgehead atoms. The second-order valence-electron chi connectivity index (χ2n) is 5.81. The van der Waals surface area contributed by atoms with E-state index in [1.54, 1.807) is 0 Å². The number of anilines is 1. The lowest BCUT2D eigenvalue weighted by molar-refractivity contribution is 0.422. The topological polar surface area (TPSA) is 29.3 Å². The van der Waals surface area contributed by atoms with E-state index in [0.717, 1.165) is 18.3 Å². The average molecular weight is 246 g/mol. The Morgan fingerprint density at radius 3 is 2.67 bits per heavy atom. The van der Waals surface area contributed by atoms with Gasteiger partial charge in [-0.3, -0.25) is 0 Å². The van der Waals surface area contributed by atoms with Crippen molar-refractivity contribution in [3.05, 3.63) is 29.8 Å². The lowest BCUT2D eigenvalue weighted by Crippen LogP contribution is -2.24. The zero-order valence-corrected chi connectivity index (χ0v) is 11.9. The summed E-state index contributed by atoms with van der Waals surface area (Å²) in [4.78, 5) is 2.52. The van der Waals surface area contributed by atoms with Crippen LogP contribution in [0.25, 0.3) is 0 Å². The molecule has 2 heteroatoms. The molecule has 0 spiro atoms. The summed E-state index contributed by atoms with van der Waals surface area (Å²) in [5.41, 5.74) is 8.90. The van der Waals surface area contributed by atoms with Crippen LogP contribution in [0.15, 0.2) is 24.3 Å². The first-order chi connectivity index (χ1) is 8.63. The van der Waals surface area contributed by atoms with Crippen LogP contribution in [0.3, 0.4) is 0 Å². The highest BCUT2D eigenvalue weighted by atomic mass is 15.2. The van der Waals surface area contributed by atoms with E-state index >= 15 is 0 Å². The molecule has 0 radical (unpaired) electrons. The Kier molecular flexibility index (Phi) is 4.28. The summed E-state index contributed by atoms with van der Waals surface area (Å²) in [5.74, 6) is 1.61. The molecule has 18 heavy (non-hydrogen) atoms. The van der Waals surface area contributed by atoms with E-state index in [4.69, 9.17) is 5.73 Å². The number of hydrogen-bond donors (Lipinski definition) is 1. The lowest BCUT2D eigenvalue weighted by Gasteiger charge is -2.25. The van der Waals surface area contributed by atoms with E-state index in [2.05, 4.69) is 49.9 Å². The molecule has 1 unspecified atom stereocenters. The Balaban J connectivity index is 2.19. The van der Waals surface area contributed by atoms with Gasteiger partial charge in [-0.15, -0.1) is 0 Å². The normalized spacial score (nSPS) is 21.6. The summed E-state index contributed by atoms with van der Waals surface area (Å²) in [6, 6.07) is 8.81. The highest BCUT2D eigenvalue weighted by molar-refractivity contribution is 5.55. The highest BCUT2D eigenvalue weighted by Crippen LogP contribution is 2.32. The van der Waals surface area contributed by atoms with Crippen LogP contribution in [0.1, 0.15) is 45.2 Å². The number of benzene rings is 1. The van der Waals surface area contributed by atoms with E-state index in [0.29, 0.717) is 0 Å². The number of nitrogens with two attached hydrogens (primary N) is 1. The van der Waals surface area contributed by atoms with Crippen molar-refractivity contribution in [3.8, 4) is 0 Å². The minimum absolute atomic E-state index is 0.166. The molecule has 0 aromatic heterocycles. The molecule has 1 aliphatic heterocycles. The minimum atomic E-state index is 0.166. The molecule has 1 heterocycles. The monoisotopic (exact) mass is 246 g/mol. The molecule has 0 amide bonds. The third-order valence-electron chi connectivity index (χ3n) is 4.28. The van der Waals surface area contributed by atoms with Crippen LogP contribution in [0, 0.1) is 11.8 Å². The second-order valence-corrected chi connectivity index (χ2v) is 5.81. The van der Waals surface area contributed by atoms with Crippen LogP contribution < -0.4 is 10.6 Å². The van der Waals surface area contributed by atoms with Gasteiger partial charge in [0.15, 0.2) is 0 Å². The summed E-state index contributed by atoms with van der Waals surface area (Å²) < 4.78 is 0. The molecule has 2 atom stereocenters. The molecular weight excluding hydrogens is 220 g/mol. The third-order valence-corrected chi connectivity index (χ3v) is 4.28. The molecule has 2 nitrogen and oxygen atoms in total. The van der Waals surface area contributed by atoms with Gasteiger partial charge in [-0.05, 0) is 36.3 Å². The molecular formula is C16H26N2. The molecule has 1 aliphatic rings. The van der Waals surface area contributed by atoms with Crippen LogP contribution in [0.2, 0.25) is 0 Å². The maximum absolute atomic E-state index is 6.23. The summed E-state index contributed by atoms with van der Waals surface area (Å²) in [7, 11) is 0. The highest BCUT2D eigenvalue weighted by Gasteiger charge is 2.26. The van der Waals surface area contributed by atoms with Crippen LogP contribution in [0.5, 0.6) is 0 Å². The zero-order chi connectivity index (χ0) is 13.1. The van der Waals surface area contributed by atoms with Crippen molar-refractivity contribution >= 4 is 5.69 Å². The molecule has 2 N–H and O–H groups in total. The maximum atomic E-state index is 6.23. The fraction of sp³-hybridized carbons (Fsp3) is 0.625. The Hall–Kier alpha value is -1.02. The van der Waals surface area contributed by atoms with Crippen molar-refractivity contribution in [3.63, 3.8) is 0 Å². The summed E-state index contributed by atoms with van der Waals surface area (Å²) in [6.07, 6.45) is 2.31. The van der Waals surface area contributed by atoms with Crippen molar-refractivity contribution < 1.29 is 0 Å². The van der Waals surface area contributed by atoms with Crippen LogP contribution in [0.4, 0.5) is 5.69 Å². The van der Waals surface area contributed by atoms with E-state index in [1.807, 2.05) is 0 Å². The molecule has 0 aliphatic carbocycles. The van der Waals surface area contributed by atoms with Crippen molar-refractivity contribution in [2.75, 3.05) is 18.0 Å². The smallest absolute Gasteiger partial charge is 0.0414 e. The largest absolute Gasteiger partial charge is 0.371 e. The quantitative estimate of drug-likeness (QED) is 0.880. The van der Waals surface area contributed by atoms with E-state index in [1.165, 1.54) is 30.8 Å². The average Bonchev–Trinajstić information content (AvgIpc) is 2.87. The SMILES string of the molecule is CC[C@H](N)c1ccccc1N1CCC(C(C)C)C1. The van der Waals surface area contributed by atoms with Crippen molar-refractivity contribution in [1.82, 2.24) is 0 Å². The standard InChI is InChI=1S/C16H26N2/c1-4-15(17)14-7-5-6-8-16(14)18-10-9-13(11-18)12(2)3/h5-8,12-13,15H,4,9-11,17H2,1-3H3/t13?,15-/m0/s1. The van der Waals surface area contributed by atoms with Gasteiger partial charge < -0.3 is 10.6 Å². The predicted molar refractivity (Wildman–Crippen MR) is 78.8 cm³/mol. The summed E-state index contributed by atoms with van der Waals surface area (Å²) in [5, 5.41) is 0. The van der Waals surface area contributed by atoms with Gasteiger partial charge in [0.05, 0.1) is 0 Å². The van der Waals surface area contributed by atoms with Gasteiger partial charge in [-0.1, -0.05) is 39.0 Å². The zero-order valence-electron chi connectivity index (χ0n) is 11.9. The lowest BCUT2D eigenvalue weighted by atomic mass is 9.95. The van der Waals surface area contributed by atoms with E-state index in [-0.39, 0.29) is 6.04 Å². The third kappa shape index (κ3) is 2.69. The van der Waals surface area contributed by atoms with Crippen LogP contribution in [-0.4, -0.2) is 13.1 Å². The first-order valence-electron chi connectivity index (χ1n) is 7.23. The molecule has 1 aromatic carbocycles. The van der Waals surface area contributed by atoms with Gasteiger partial charge in [-0.25, -0.2) is 0 Å². The minimum Gasteiger partial charge on any atom is -0.371 e. The fourth-order valence-corrected chi connectivity index (χ4v) is 2.86. The van der Waals surface area contributed by atoms with Crippen molar-refractivity contribution in [2.45, 2.75) is 39.7 Å².